The standard InChI is InChI=1S/C17H20N4O4/c22-15-7-6-14(18-19-15)17(24)21-10-8-20(9-11-21)16(23)12-25-13-4-2-1-3-5-13/h1-5H,6-12H2,(H,19,22). The molecule has 8 nitrogen and oxygen atoms in total. The molecule has 0 unspecified atom stereocenters. The minimum Gasteiger partial charge on any atom is -0.484 e. The van der Waals surface area contributed by atoms with Crippen LogP contribution < -0.4 is 10.2 Å². The molecule has 2 aliphatic rings. The van der Waals surface area contributed by atoms with E-state index in [-0.39, 0.29) is 30.7 Å². The highest BCUT2D eigenvalue weighted by atomic mass is 16.5. The van der Waals surface area contributed by atoms with Crippen molar-refractivity contribution >= 4 is 23.4 Å². The lowest BCUT2D eigenvalue weighted by Gasteiger charge is -2.35. The van der Waals surface area contributed by atoms with E-state index in [0.29, 0.717) is 44.1 Å². The van der Waals surface area contributed by atoms with Crippen molar-refractivity contribution in [2.24, 2.45) is 5.10 Å². The third-order valence-corrected chi connectivity index (χ3v) is 4.18. The van der Waals surface area contributed by atoms with E-state index < -0.39 is 0 Å². The minimum atomic E-state index is -0.176. The van der Waals surface area contributed by atoms with Gasteiger partial charge in [0, 0.05) is 39.0 Å². The molecule has 3 rings (SSSR count). The summed E-state index contributed by atoms with van der Waals surface area (Å²) in [5, 5.41) is 3.83. The topological polar surface area (TPSA) is 91.3 Å². The normalized spacial score (nSPS) is 17.6. The van der Waals surface area contributed by atoms with Crippen molar-refractivity contribution < 1.29 is 19.1 Å². The Kier molecular flexibility index (Phi) is 5.27. The third-order valence-electron chi connectivity index (χ3n) is 4.18. The molecule has 25 heavy (non-hydrogen) atoms. The van der Waals surface area contributed by atoms with E-state index in [2.05, 4.69) is 10.5 Å². The lowest BCUT2D eigenvalue weighted by atomic mass is 10.1. The molecule has 1 N–H and O–H groups in total. The van der Waals surface area contributed by atoms with Crippen molar-refractivity contribution in [3.63, 3.8) is 0 Å². The van der Waals surface area contributed by atoms with Gasteiger partial charge in [0.25, 0.3) is 11.8 Å². The van der Waals surface area contributed by atoms with Gasteiger partial charge in [0.15, 0.2) is 6.61 Å². The molecule has 2 heterocycles. The molecule has 1 fully saturated rings. The average Bonchev–Trinajstić information content (AvgIpc) is 2.67. The van der Waals surface area contributed by atoms with Gasteiger partial charge in [0.05, 0.1) is 0 Å². The predicted molar refractivity (Wildman–Crippen MR) is 89.9 cm³/mol. The summed E-state index contributed by atoms with van der Waals surface area (Å²) in [4.78, 5) is 39.0. The van der Waals surface area contributed by atoms with Crippen LogP contribution in [0.1, 0.15) is 12.8 Å². The Hall–Kier alpha value is -2.90. The monoisotopic (exact) mass is 344 g/mol. The predicted octanol–water partition coefficient (Wildman–Crippen LogP) is 0.00220. The Balaban J connectivity index is 1.45. The lowest BCUT2D eigenvalue weighted by molar-refractivity contribution is -0.138. The highest BCUT2D eigenvalue weighted by molar-refractivity contribution is 6.39. The molecule has 1 aromatic carbocycles. The van der Waals surface area contributed by atoms with Gasteiger partial charge in [-0.1, -0.05) is 18.2 Å². The van der Waals surface area contributed by atoms with Crippen LogP contribution in [0.3, 0.4) is 0 Å². The molecule has 1 aromatic rings. The fourth-order valence-corrected chi connectivity index (χ4v) is 2.72. The molecule has 132 valence electrons. The molecule has 2 aliphatic heterocycles. The maximum Gasteiger partial charge on any atom is 0.270 e. The van der Waals surface area contributed by atoms with E-state index in [1.807, 2.05) is 18.2 Å². The Labute approximate surface area is 145 Å². The number of hydrogen-bond donors (Lipinski definition) is 1. The summed E-state index contributed by atoms with van der Waals surface area (Å²) in [6, 6.07) is 9.18. The quantitative estimate of drug-likeness (QED) is 0.832. The summed E-state index contributed by atoms with van der Waals surface area (Å²) in [7, 11) is 0. The number of para-hydroxylation sites is 1. The summed E-state index contributed by atoms with van der Waals surface area (Å²) in [5.74, 6) is 0.207. The van der Waals surface area contributed by atoms with Gasteiger partial charge in [0.2, 0.25) is 5.91 Å². The van der Waals surface area contributed by atoms with Crippen molar-refractivity contribution in [3.8, 4) is 5.75 Å². The number of carbonyl (C=O) groups is 3. The number of ether oxygens (including phenoxy) is 1. The van der Waals surface area contributed by atoms with Crippen LogP contribution in [0.15, 0.2) is 35.4 Å². The van der Waals surface area contributed by atoms with Gasteiger partial charge in [-0.05, 0) is 12.1 Å². The number of hydrazone groups is 1. The number of nitrogens with one attached hydrogen (secondary N) is 1. The second-order valence-corrected chi connectivity index (χ2v) is 5.87. The van der Waals surface area contributed by atoms with Crippen LogP contribution in [0.25, 0.3) is 0 Å². The largest absolute Gasteiger partial charge is 0.484 e. The Morgan fingerprint density at radius 1 is 1.04 bits per heavy atom. The first-order valence-corrected chi connectivity index (χ1v) is 8.24. The van der Waals surface area contributed by atoms with E-state index >= 15 is 0 Å². The molecule has 0 saturated carbocycles. The maximum atomic E-state index is 12.4. The van der Waals surface area contributed by atoms with Crippen molar-refractivity contribution in [2.45, 2.75) is 12.8 Å². The number of hydrogen-bond acceptors (Lipinski definition) is 5. The second-order valence-electron chi connectivity index (χ2n) is 5.87. The van der Waals surface area contributed by atoms with Crippen molar-refractivity contribution in [1.82, 2.24) is 15.2 Å². The number of carbonyl (C=O) groups excluding carboxylic acids is 3. The molecular formula is C17H20N4O4. The van der Waals surface area contributed by atoms with Gasteiger partial charge in [-0.3, -0.25) is 14.4 Å². The van der Waals surface area contributed by atoms with Crippen LogP contribution >= 0.6 is 0 Å². The van der Waals surface area contributed by atoms with Crippen LogP contribution in [-0.2, 0) is 14.4 Å². The zero-order valence-corrected chi connectivity index (χ0v) is 13.8. The number of piperazine rings is 1. The molecular weight excluding hydrogens is 324 g/mol. The first kappa shape index (κ1) is 16.9. The van der Waals surface area contributed by atoms with Crippen molar-refractivity contribution in [2.75, 3.05) is 32.8 Å². The van der Waals surface area contributed by atoms with E-state index in [1.165, 1.54) is 0 Å². The fourth-order valence-electron chi connectivity index (χ4n) is 2.72. The molecule has 0 bridgehead atoms. The minimum absolute atomic E-state index is 0.0172. The summed E-state index contributed by atoms with van der Waals surface area (Å²) >= 11 is 0. The second kappa shape index (κ2) is 7.78. The van der Waals surface area contributed by atoms with Gasteiger partial charge in [-0.15, -0.1) is 0 Å². The first-order chi connectivity index (χ1) is 12.1. The molecule has 1 saturated heterocycles. The zero-order chi connectivity index (χ0) is 17.6. The summed E-state index contributed by atoms with van der Waals surface area (Å²) in [6.07, 6.45) is 0.634. The van der Waals surface area contributed by atoms with Gasteiger partial charge < -0.3 is 14.5 Å². The Morgan fingerprint density at radius 3 is 2.36 bits per heavy atom. The van der Waals surface area contributed by atoms with Crippen molar-refractivity contribution in [1.29, 1.82) is 0 Å². The Morgan fingerprint density at radius 2 is 1.72 bits per heavy atom. The van der Waals surface area contributed by atoms with E-state index in [0.717, 1.165) is 0 Å². The molecule has 3 amide bonds. The molecule has 0 aromatic heterocycles. The smallest absolute Gasteiger partial charge is 0.270 e. The molecule has 0 spiro atoms. The number of rotatable bonds is 4. The third kappa shape index (κ3) is 4.34. The maximum absolute atomic E-state index is 12.4. The lowest BCUT2D eigenvalue weighted by Crippen LogP contribution is -2.53. The molecule has 8 heteroatoms. The summed E-state index contributed by atoms with van der Waals surface area (Å²) in [5.41, 5.74) is 2.70. The van der Waals surface area contributed by atoms with Crippen molar-refractivity contribution in [3.05, 3.63) is 30.3 Å². The van der Waals surface area contributed by atoms with Crippen LogP contribution in [0, 0.1) is 0 Å². The van der Waals surface area contributed by atoms with Crippen LogP contribution in [0.4, 0.5) is 0 Å². The van der Waals surface area contributed by atoms with E-state index in [9.17, 15) is 14.4 Å². The van der Waals surface area contributed by atoms with Crippen LogP contribution in [0.5, 0.6) is 5.75 Å². The summed E-state index contributed by atoms with van der Waals surface area (Å²) in [6.45, 7) is 1.80. The number of amides is 3. The van der Waals surface area contributed by atoms with Gasteiger partial charge >= 0.3 is 0 Å². The number of benzene rings is 1. The fraction of sp³-hybridized carbons (Fsp3) is 0.412. The highest BCUT2D eigenvalue weighted by Crippen LogP contribution is 2.10. The SMILES string of the molecule is O=C1CCC(C(=O)N2CCN(C(=O)COc3ccccc3)CC2)=NN1. The van der Waals surface area contributed by atoms with Crippen LogP contribution in [-0.4, -0.2) is 66.0 Å². The van der Waals surface area contributed by atoms with Gasteiger partial charge in [-0.25, -0.2) is 5.43 Å². The van der Waals surface area contributed by atoms with Gasteiger partial charge in [-0.2, -0.15) is 5.10 Å². The average molecular weight is 344 g/mol. The summed E-state index contributed by atoms with van der Waals surface area (Å²) < 4.78 is 5.47. The van der Waals surface area contributed by atoms with Crippen LogP contribution in [0.2, 0.25) is 0 Å². The first-order valence-electron chi connectivity index (χ1n) is 8.24. The molecule has 0 atom stereocenters. The van der Waals surface area contributed by atoms with E-state index in [4.69, 9.17) is 4.74 Å². The van der Waals surface area contributed by atoms with E-state index in [1.54, 1.807) is 21.9 Å². The van der Waals surface area contributed by atoms with Gasteiger partial charge in [0.1, 0.15) is 11.5 Å². The number of nitrogens with zero attached hydrogens (tertiary/aromatic N) is 3. The highest BCUT2D eigenvalue weighted by Gasteiger charge is 2.28. The Bertz CT molecular complexity index is 681. The molecule has 0 aliphatic carbocycles. The zero-order valence-electron chi connectivity index (χ0n) is 13.8. The molecule has 0 radical (unpaired) electrons.